The Hall–Kier alpha value is -4.01. The minimum absolute atomic E-state index is 0.0204. The number of nitrogens with zero attached hydrogens (tertiary/aromatic N) is 1. The zero-order valence-corrected chi connectivity index (χ0v) is 55.7. The molecule has 2 bridgehead atoms. The molecule has 22 heteroatoms. The highest BCUT2D eigenvalue weighted by molar-refractivity contribution is 6.39. The highest BCUT2D eigenvalue weighted by Crippen LogP contribution is 2.38. The van der Waals surface area contributed by atoms with Crippen LogP contribution in [0.5, 0.6) is 0 Å². The van der Waals surface area contributed by atoms with Crippen molar-refractivity contribution in [1.29, 1.82) is 0 Å². The molecule has 2 saturated heterocycles. The van der Waals surface area contributed by atoms with E-state index in [4.69, 9.17) is 61.6 Å². The first-order valence-corrected chi connectivity index (χ1v) is 32.6. The third kappa shape index (κ3) is 26.1. The highest BCUT2D eigenvalue weighted by Gasteiger charge is 2.53. The van der Waals surface area contributed by atoms with Crippen LogP contribution in [0.1, 0.15) is 132 Å². The van der Waals surface area contributed by atoms with Gasteiger partial charge in [-0.15, -0.1) is 0 Å². The van der Waals surface area contributed by atoms with Crippen LogP contribution in [0.15, 0.2) is 47.6 Å². The van der Waals surface area contributed by atoms with E-state index in [0.717, 1.165) is 5.57 Å². The summed E-state index contributed by atoms with van der Waals surface area (Å²) in [6.45, 7) is 20.9. The lowest BCUT2D eigenvalue weighted by Crippen LogP contribution is -2.61. The zero-order chi connectivity index (χ0) is 65.3. The van der Waals surface area contributed by atoms with Gasteiger partial charge in [-0.3, -0.25) is 14.4 Å². The molecule has 3 fully saturated rings. The fourth-order valence-corrected chi connectivity index (χ4v) is 12.3. The number of methoxy groups -OCH3 is 4. The maximum absolute atomic E-state index is 14.8. The molecule has 0 aromatic carbocycles. The molecule has 3 aliphatic heterocycles. The van der Waals surface area contributed by atoms with Gasteiger partial charge in [0.05, 0.1) is 97.1 Å². The number of esters is 1. The summed E-state index contributed by atoms with van der Waals surface area (Å²) in [5.74, 6) is -7.19. The van der Waals surface area contributed by atoms with E-state index in [1.165, 1.54) is 12.0 Å². The van der Waals surface area contributed by atoms with Crippen molar-refractivity contribution in [2.75, 3.05) is 121 Å². The molecular formula is C67H112N2O20. The fraction of sp³-hybridized carbons (Fsp3) is 0.806. The molecule has 1 aliphatic carbocycles. The van der Waals surface area contributed by atoms with Gasteiger partial charge in [-0.05, 0) is 114 Å². The SMILES string of the molecule is CCOCCOCCOCCOCCOCCOCCNC(=O)O[C@@H]1CCC(C[C@@H](C)[C@@H]2C[C@@H](OC)[C@H](C)/C=C(\C)[C@@H](O)[C@@H](OC)C(=O)C(C)C[C@H](C)/C=C/C=C/C=C(\C)C(OC)C[C@@H]3CC[C@@H](C)[C@@](O)(O3)C(=O)C(=O)N3CCCC[C@H]3C(=O)O2)C[C@H]1OC. The number of aliphatic hydroxyl groups is 2. The third-order valence-electron chi connectivity index (χ3n) is 17.7. The van der Waals surface area contributed by atoms with Crippen molar-refractivity contribution < 1.29 is 95.8 Å². The number of ketones is 2. The number of nitrogens with one attached hydrogen (secondary N) is 1. The van der Waals surface area contributed by atoms with Gasteiger partial charge in [0.25, 0.3) is 11.7 Å². The van der Waals surface area contributed by atoms with Crippen LogP contribution in [-0.4, -0.2) is 226 Å². The average molecular weight is 1270 g/mol. The van der Waals surface area contributed by atoms with Crippen LogP contribution < -0.4 is 5.32 Å². The van der Waals surface area contributed by atoms with E-state index in [1.54, 1.807) is 35.2 Å². The number of alkyl carbamates (subject to hydrolysis) is 1. The number of carbonyl (C=O) groups excluding carboxylic acids is 5. The lowest BCUT2D eigenvalue weighted by molar-refractivity contribution is -0.265. The second kappa shape index (κ2) is 42.3. The summed E-state index contributed by atoms with van der Waals surface area (Å²) in [6, 6.07) is -1.12. The first-order chi connectivity index (χ1) is 42.7. The van der Waals surface area contributed by atoms with Gasteiger partial charge in [0.2, 0.25) is 5.79 Å². The number of allylic oxidation sites excluding steroid dienone is 5. The van der Waals surface area contributed by atoms with Crippen LogP contribution in [0.25, 0.3) is 0 Å². The summed E-state index contributed by atoms with van der Waals surface area (Å²) in [4.78, 5) is 72.0. The Kier molecular flexibility index (Phi) is 36.8. The van der Waals surface area contributed by atoms with Gasteiger partial charge < -0.3 is 82.0 Å². The maximum Gasteiger partial charge on any atom is 0.407 e. The second-order valence-corrected chi connectivity index (χ2v) is 24.6. The molecule has 22 nitrogen and oxygen atoms in total. The van der Waals surface area contributed by atoms with E-state index in [1.807, 2.05) is 78.0 Å². The summed E-state index contributed by atoms with van der Waals surface area (Å²) in [6.07, 6.45) is 10.9. The number of ether oxygens (including phenoxy) is 13. The van der Waals surface area contributed by atoms with Crippen molar-refractivity contribution in [3.8, 4) is 0 Å². The summed E-state index contributed by atoms with van der Waals surface area (Å²) < 4.78 is 75.2. The van der Waals surface area contributed by atoms with Gasteiger partial charge in [-0.25, -0.2) is 9.59 Å². The molecule has 89 heavy (non-hydrogen) atoms. The van der Waals surface area contributed by atoms with E-state index in [2.05, 4.69) is 5.32 Å². The van der Waals surface area contributed by atoms with Crippen LogP contribution in [0.4, 0.5) is 4.79 Å². The van der Waals surface area contributed by atoms with E-state index in [9.17, 15) is 34.2 Å². The maximum atomic E-state index is 14.8. The van der Waals surface area contributed by atoms with Gasteiger partial charge in [-0.1, -0.05) is 71.1 Å². The lowest BCUT2D eigenvalue weighted by Gasteiger charge is -2.43. The van der Waals surface area contributed by atoms with Gasteiger partial charge in [-0.2, -0.15) is 0 Å². The molecule has 0 radical (unpaired) electrons. The Labute approximate surface area is 530 Å². The predicted octanol–water partition coefficient (Wildman–Crippen LogP) is 7.48. The van der Waals surface area contributed by atoms with Gasteiger partial charge in [0.15, 0.2) is 5.78 Å². The number of carbonyl (C=O) groups is 5. The van der Waals surface area contributed by atoms with Crippen molar-refractivity contribution in [1.82, 2.24) is 10.2 Å². The second-order valence-electron chi connectivity index (χ2n) is 24.6. The highest BCUT2D eigenvalue weighted by atomic mass is 16.6. The molecule has 0 spiro atoms. The van der Waals surface area contributed by atoms with Crippen LogP contribution in [-0.2, 0) is 80.8 Å². The molecule has 3 N–H and O–H groups in total. The van der Waals surface area contributed by atoms with Crippen LogP contribution in [0.2, 0.25) is 0 Å². The van der Waals surface area contributed by atoms with Crippen molar-refractivity contribution in [3.05, 3.63) is 47.6 Å². The third-order valence-corrected chi connectivity index (χ3v) is 17.7. The Bertz CT molecular complexity index is 2210. The van der Waals surface area contributed by atoms with Crippen LogP contribution in [0.3, 0.4) is 0 Å². The molecule has 510 valence electrons. The van der Waals surface area contributed by atoms with Crippen LogP contribution in [0, 0.1) is 35.5 Å². The van der Waals surface area contributed by atoms with E-state index in [-0.39, 0.29) is 62.0 Å². The lowest BCUT2D eigenvalue weighted by atomic mass is 9.78. The number of hydrogen-bond acceptors (Lipinski definition) is 20. The van der Waals surface area contributed by atoms with Crippen LogP contribution >= 0.6 is 0 Å². The number of fused-ring (bicyclic) bond motifs is 3. The Morgan fingerprint density at radius 2 is 1.34 bits per heavy atom. The molecule has 4 rings (SSSR count). The Balaban J connectivity index is 1.45. The summed E-state index contributed by atoms with van der Waals surface area (Å²) >= 11 is 0. The molecule has 0 aromatic rings. The molecule has 3 unspecified atom stereocenters. The molecular weight excluding hydrogens is 1150 g/mol. The molecule has 0 aromatic heterocycles. The first kappa shape index (κ1) is 77.4. The number of rotatable bonds is 27. The number of hydrogen-bond donors (Lipinski definition) is 3. The predicted molar refractivity (Wildman–Crippen MR) is 334 cm³/mol. The summed E-state index contributed by atoms with van der Waals surface area (Å²) in [5, 5.41) is 26.6. The van der Waals surface area contributed by atoms with E-state index >= 15 is 0 Å². The van der Waals surface area contributed by atoms with E-state index in [0.29, 0.717) is 142 Å². The first-order valence-electron chi connectivity index (χ1n) is 32.6. The number of Topliss-reactive ketones (excluding diaryl/α,β-unsaturated/α-hetero) is 2. The smallest absolute Gasteiger partial charge is 0.407 e. The Morgan fingerprint density at radius 3 is 1.94 bits per heavy atom. The van der Waals surface area contributed by atoms with E-state index < -0.39 is 96.2 Å². The fourth-order valence-electron chi connectivity index (χ4n) is 12.3. The van der Waals surface area contributed by atoms with Gasteiger partial charge in [0, 0.05) is 78.7 Å². The van der Waals surface area contributed by atoms with Crippen molar-refractivity contribution in [2.45, 2.75) is 193 Å². The topological polar surface area (TPSA) is 261 Å². The molecule has 16 atom stereocenters. The minimum atomic E-state index is -2.44. The quantitative estimate of drug-likeness (QED) is 0.0311. The zero-order valence-electron chi connectivity index (χ0n) is 55.7. The number of piperidine rings is 1. The monoisotopic (exact) mass is 1260 g/mol. The van der Waals surface area contributed by atoms with Crippen molar-refractivity contribution in [3.63, 3.8) is 0 Å². The summed E-state index contributed by atoms with van der Waals surface area (Å²) in [7, 11) is 6.16. The molecule has 1 saturated carbocycles. The number of amides is 2. The average Bonchev–Trinajstić information content (AvgIpc) is 1.12. The van der Waals surface area contributed by atoms with Gasteiger partial charge in [0.1, 0.15) is 30.5 Å². The molecule has 3 heterocycles. The largest absolute Gasteiger partial charge is 0.460 e. The van der Waals surface area contributed by atoms with Crippen molar-refractivity contribution >= 4 is 29.5 Å². The number of aliphatic hydroxyl groups excluding tert-OH is 1. The summed E-state index contributed by atoms with van der Waals surface area (Å²) in [5.41, 5.74) is 1.39. The minimum Gasteiger partial charge on any atom is -0.460 e. The normalized spacial score (nSPS) is 33.4. The Morgan fingerprint density at radius 1 is 0.708 bits per heavy atom. The molecule has 2 amide bonds. The van der Waals surface area contributed by atoms with Gasteiger partial charge >= 0.3 is 12.1 Å². The standard InChI is InChI=1S/C67H112N2O20/c1-13-81-29-30-83-33-34-85-37-38-86-36-35-84-32-31-82-28-26-68-66(75)88-55-25-23-52(42-59(55)79-11)41-48(5)58-44-57(78-10)47(4)40-50(7)61(71)62(80-12)60(70)49(6)39-45(2)19-15-14-16-20-46(3)56(77-9)43-53-24-22-51(8)67(76,89-53)63(72)64(73)69-27-18-17-21-54(69)65(74)87-58/h14-16,19-20,40,45,47-49,51-59,61-62,71,76H,13,17-18,21-39,41-44H2,1-12H3,(H,68,75)/b16-14+,19-15+,46-20+,50-40+/t45-,47-,48-,49?,51-,52?,53+,54+,55-,56?,57-,58+,59-,61-,62+,67-/m1/s1. The molecule has 4 aliphatic rings. The number of cyclic esters (lactones) is 1. The van der Waals surface area contributed by atoms with Crippen molar-refractivity contribution in [2.24, 2.45) is 35.5 Å².